The molecule has 0 aliphatic carbocycles. The van der Waals surface area contributed by atoms with Gasteiger partial charge in [-0.1, -0.05) is 29.7 Å². The van der Waals surface area contributed by atoms with Crippen molar-refractivity contribution in [1.29, 1.82) is 0 Å². The number of esters is 2. The summed E-state index contributed by atoms with van der Waals surface area (Å²) in [5.41, 5.74) is 4.72. The highest BCUT2D eigenvalue weighted by Crippen LogP contribution is 2.23. The standard InChI is InChI=1S/C30H21BN2O4/c31-24-18-22(29(34)36-25-11-7-20(8-12-25)27-5-1-3-15-32-27)17-23(19-24)30(35)37-26-13-9-21(10-14-26)28-6-2-4-16-33-28/h1-19H,31H2. The molecule has 0 amide bonds. The molecule has 6 nitrogen and oxygen atoms in total. The second-order valence-electron chi connectivity index (χ2n) is 8.35. The number of rotatable bonds is 6. The van der Waals surface area contributed by atoms with E-state index in [1.807, 2.05) is 60.7 Å². The molecule has 7 heteroatoms. The molecule has 0 saturated carbocycles. The molecule has 0 atom stereocenters. The van der Waals surface area contributed by atoms with E-state index in [-0.39, 0.29) is 11.1 Å². The molecule has 0 saturated heterocycles. The quantitative estimate of drug-likeness (QED) is 0.201. The first kappa shape index (κ1) is 23.7. The Balaban J connectivity index is 1.27. The molecular formula is C30H21BN2O4. The molecule has 0 aliphatic rings. The summed E-state index contributed by atoms with van der Waals surface area (Å²) in [6.45, 7) is 0. The van der Waals surface area contributed by atoms with Gasteiger partial charge < -0.3 is 9.47 Å². The topological polar surface area (TPSA) is 78.4 Å². The molecule has 0 N–H and O–H groups in total. The number of carbonyl (C=O) groups excluding carboxylic acids is 2. The molecule has 37 heavy (non-hydrogen) atoms. The predicted molar refractivity (Wildman–Crippen MR) is 144 cm³/mol. The number of carbonyl (C=O) groups is 2. The van der Waals surface area contributed by atoms with Gasteiger partial charge in [-0.25, -0.2) is 9.59 Å². The Kier molecular flexibility index (Phi) is 6.86. The van der Waals surface area contributed by atoms with Gasteiger partial charge in [-0.05, 0) is 78.9 Å². The van der Waals surface area contributed by atoms with Gasteiger partial charge in [-0.3, -0.25) is 9.97 Å². The number of nitrogens with zero attached hydrogens (tertiary/aromatic N) is 2. The molecule has 0 bridgehead atoms. The van der Waals surface area contributed by atoms with Crippen molar-refractivity contribution in [2.75, 3.05) is 0 Å². The summed E-state index contributed by atoms with van der Waals surface area (Å²) in [5.74, 6) is -0.349. The fourth-order valence-corrected chi connectivity index (χ4v) is 3.81. The summed E-state index contributed by atoms with van der Waals surface area (Å²) in [6, 6.07) is 30.3. The van der Waals surface area contributed by atoms with Crippen molar-refractivity contribution < 1.29 is 19.1 Å². The lowest BCUT2D eigenvalue weighted by molar-refractivity contribution is 0.0734. The summed E-state index contributed by atoms with van der Waals surface area (Å²) in [7, 11) is 1.80. The fraction of sp³-hybridized carbons (Fsp3) is 0. The van der Waals surface area contributed by atoms with E-state index in [0.29, 0.717) is 11.5 Å². The highest BCUT2D eigenvalue weighted by molar-refractivity contribution is 6.33. The maximum Gasteiger partial charge on any atom is 0.343 e. The van der Waals surface area contributed by atoms with Gasteiger partial charge in [0, 0.05) is 23.5 Å². The van der Waals surface area contributed by atoms with Crippen molar-refractivity contribution in [3.05, 3.63) is 127 Å². The molecule has 178 valence electrons. The third-order valence-corrected chi connectivity index (χ3v) is 5.60. The number of benzene rings is 3. The first-order valence-corrected chi connectivity index (χ1v) is 11.6. The summed E-state index contributed by atoms with van der Waals surface area (Å²) in [5, 5.41) is 0. The second kappa shape index (κ2) is 10.7. The Morgan fingerprint density at radius 1 is 0.568 bits per heavy atom. The molecule has 0 radical (unpaired) electrons. The fourth-order valence-electron chi connectivity index (χ4n) is 3.81. The van der Waals surface area contributed by atoms with Crippen molar-refractivity contribution in [1.82, 2.24) is 9.97 Å². The highest BCUT2D eigenvalue weighted by Gasteiger charge is 2.16. The first-order valence-electron chi connectivity index (χ1n) is 11.6. The van der Waals surface area contributed by atoms with E-state index in [9.17, 15) is 9.59 Å². The van der Waals surface area contributed by atoms with E-state index in [4.69, 9.17) is 9.47 Å². The van der Waals surface area contributed by atoms with Gasteiger partial charge in [0.05, 0.1) is 22.5 Å². The summed E-state index contributed by atoms with van der Waals surface area (Å²) >= 11 is 0. The Morgan fingerprint density at radius 3 is 1.38 bits per heavy atom. The summed E-state index contributed by atoms with van der Waals surface area (Å²) in [6.07, 6.45) is 3.45. The molecule has 2 aromatic heterocycles. The van der Waals surface area contributed by atoms with Crippen LogP contribution in [0.15, 0.2) is 116 Å². The van der Waals surface area contributed by atoms with Crippen LogP contribution in [0.3, 0.4) is 0 Å². The molecular weight excluding hydrogens is 463 g/mol. The lowest BCUT2D eigenvalue weighted by atomic mass is 9.92. The van der Waals surface area contributed by atoms with Crippen LogP contribution in [0.4, 0.5) is 0 Å². The normalized spacial score (nSPS) is 10.5. The number of hydrogen-bond acceptors (Lipinski definition) is 6. The van der Waals surface area contributed by atoms with E-state index in [1.54, 1.807) is 56.6 Å². The Bertz CT molecular complexity index is 1420. The van der Waals surface area contributed by atoms with E-state index >= 15 is 0 Å². The van der Waals surface area contributed by atoms with Crippen LogP contribution in [0.1, 0.15) is 20.7 Å². The SMILES string of the molecule is Bc1cc(C(=O)Oc2ccc(-c3ccccn3)cc2)cc(C(=O)Oc2ccc(-c3ccccn3)cc2)c1. The molecule has 3 aromatic carbocycles. The van der Waals surface area contributed by atoms with E-state index < -0.39 is 11.9 Å². The van der Waals surface area contributed by atoms with Crippen molar-refractivity contribution >= 4 is 25.2 Å². The van der Waals surface area contributed by atoms with E-state index in [0.717, 1.165) is 28.0 Å². The van der Waals surface area contributed by atoms with Gasteiger partial charge in [0.1, 0.15) is 19.3 Å². The Labute approximate surface area is 215 Å². The van der Waals surface area contributed by atoms with Crippen LogP contribution in [0.2, 0.25) is 0 Å². The second-order valence-corrected chi connectivity index (χ2v) is 8.35. The van der Waals surface area contributed by atoms with Crippen molar-refractivity contribution in [3.63, 3.8) is 0 Å². The molecule has 5 rings (SSSR count). The van der Waals surface area contributed by atoms with Crippen molar-refractivity contribution in [3.8, 4) is 34.0 Å². The highest BCUT2D eigenvalue weighted by atomic mass is 16.5. The van der Waals surface area contributed by atoms with Gasteiger partial charge in [0.2, 0.25) is 0 Å². The lowest BCUT2D eigenvalue weighted by Gasteiger charge is -2.09. The average Bonchev–Trinajstić information content (AvgIpc) is 2.94. The van der Waals surface area contributed by atoms with Crippen LogP contribution >= 0.6 is 0 Å². The Hall–Kier alpha value is -5.04. The van der Waals surface area contributed by atoms with Crippen molar-refractivity contribution in [2.45, 2.75) is 0 Å². The first-order chi connectivity index (χ1) is 18.0. The molecule has 0 fully saturated rings. The van der Waals surface area contributed by atoms with Crippen LogP contribution in [-0.4, -0.2) is 29.8 Å². The average molecular weight is 484 g/mol. The minimum Gasteiger partial charge on any atom is -0.423 e. The molecule has 2 heterocycles. The zero-order valence-corrected chi connectivity index (χ0v) is 20.0. The summed E-state index contributed by atoms with van der Waals surface area (Å²) in [4.78, 5) is 34.3. The third kappa shape index (κ3) is 5.79. The number of hydrogen-bond donors (Lipinski definition) is 0. The smallest absolute Gasteiger partial charge is 0.343 e. The number of pyridine rings is 2. The number of aromatic nitrogens is 2. The van der Waals surface area contributed by atoms with Gasteiger partial charge in [0.15, 0.2) is 0 Å². The van der Waals surface area contributed by atoms with Crippen LogP contribution in [0.5, 0.6) is 11.5 Å². The molecule has 0 aliphatic heterocycles. The third-order valence-electron chi connectivity index (χ3n) is 5.60. The summed E-state index contributed by atoms with van der Waals surface area (Å²) < 4.78 is 11.1. The predicted octanol–water partition coefficient (Wildman–Crippen LogP) is 4.51. The molecule has 0 spiro atoms. The maximum absolute atomic E-state index is 12.8. The minimum absolute atomic E-state index is 0.256. The lowest BCUT2D eigenvalue weighted by Crippen LogP contribution is -2.17. The number of ether oxygens (including phenoxy) is 2. The van der Waals surface area contributed by atoms with Crippen molar-refractivity contribution in [2.24, 2.45) is 0 Å². The van der Waals surface area contributed by atoms with E-state index in [2.05, 4.69) is 9.97 Å². The monoisotopic (exact) mass is 484 g/mol. The van der Waals surface area contributed by atoms with Gasteiger partial charge in [-0.15, -0.1) is 0 Å². The zero-order valence-electron chi connectivity index (χ0n) is 20.0. The Morgan fingerprint density at radius 2 is 1.00 bits per heavy atom. The van der Waals surface area contributed by atoms with Crippen LogP contribution in [0.25, 0.3) is 22.5 Å². The van der Waals surface area contributed by atoms with E-state index in [1.165, 1.54) is 6.07 Å². The molecule has 5 aromatic rings. The van der Waals surface area contributed by atoms with Gasteiger partial charge in [-0.2, -0.15) is 0 Å². The van der Waals surface area contributed by atoms with Crippen LogP contribution in [-0.2, 0) is 0 Å². The van der Waals surface area contributed by atoms with Crippen LogP contribution < -0.4 is 14.9 Å². The van der Waals surface area contributed by atoms with Gasteiger partial charge >= 0.3 is 11.9 Å². The zero-order chi connectivity index (χ0) is 25.6. The maximum atomic E-state index is 12.8. The molecule has 0 unspecified atom stereocenters. The largest absolute Gasteiger partial charge is 0.423 e. The van der Waals surface area contributed by atoms with Gasteiger partial charge in [0.25, 0.3) is 0 Å². The minimum atomic E-state index is -0.567. The van der Waals surface area contributed by atoms with Crippen LogP contribution in [0, 0.1) is 0 Å².